The average molecular weight is 365 g/mol. The van der Waals surface area contributed by atoms with Crippen LogP contribution in [0.2, 0.25) is 0 Å². The van der Waals surface area contributed by atoms with Gasteiger partial charge >= 0.3 is 0 Å². The lowest BCUT2D eigenvalue weighted by molar-refractivity contribution is -0.113. The number of hydrogen-bond donors (Lipinski definition) is 1. The van der Waals surface area contributed by atoms with Gasteiger partial charge < -0.3 is 9.88 Å². The Hall–Kier alpha value is -3.38. The molecule has 26 heavy (non-hydrogen) atoms. The van der Waals surface area contributed by atoms with E-state index >= 15 is 0 Å². The Labute approximate surface area is 154 Å². The highest BCUT2D eigenvalue weighted by Gasteiger charge is 2.16. The van der Waals surface area contributed by atoms with Crippen LogP contribution in [-0.2, 0) is 11.3 Å². The highest BCUT2D eigenvalue weighted by molar-refractivity contribution is 7.99. The van der Waals surface area contributed by atoms with Crippen molar-refractivity contribution in [3.63, 3.8) is 0 Å². The summed E-state index contributed by atoms with van der Waals surface area (Å²) in [5.41, 5.74) is 1.05. The summed E-state index contributed by atoms with van der Waals surface area (Å²) in [6.07, 6.45) is 4.74. The first kappa shape index (κ1) is 17.4. The second-order valence-electron chi connectivity index (χ2n) is 5.16. The predicted molar refractivity (Wildman–Crippen MR) is 97.9 cm³/mol. The first-order chi connectivity index (χ1) is 12.7. The van der Waals surface area contributed by atoms with Crippen LogP contribution in [0.15, 0.2) is 60.7 Å². The molecule has 0 saturated carbocycles. The third kappa shape index (κ3) is 3.81. The van der Waals surface area contributed by atoms with Crippen LogP contribution < -0.4 is 5.32 Å². The van der Waals surface area contributed by atoms with Gasteiger partial charge in [0.1, 0.15) is 18.0 Å². The van der Waals surface area contributed by atoms with E-state index in [-0.39, 0.29) is 11.7 Å². The van der Waals surface area contributed by atoms with E-state index in [0.29, 0.717) is 23.1 Å². The number of aromatic nitrogens is 5. The summed E-state index contributed by atoms with van der Waals surface area (Å²) in [5, 5.41) is 24.7. The molecule has 2 aromatic heterocycles. The number of nitriles is 1. The van der Waals surface area contributed by atoms with Crippen molar-refractivity contribution in [2.75, 3.05) is 11.1 Å². The van der Waals surface area contributed by atoms with Crippen molar-refractivity contribution >= 4 is 23.5 Å². The van der Waals surface area contributed by atoms with Crippen LogP contribution in [0.1, 0.15) is 5.56 Å². The summed E-state index contributed by atoms with van der Waals surface area (Å²) >= 11 is 1.26. The lowest BCUT2D eigenvalue weighted by atomic mass is 10.3. The predicted octanol–water partition coefficient (Wildman–Crippen LogP) is 2.25. The molecule has 0 aliphatic heterocycles. The van der Waals surface area contributed by atoms with Crippen molar-refractivity contribution in [2.24, 2.45) is 0 Å². The third-order valence-corrected chi connectivity index (χ3v) is 4.37. The minimum Gasteiger partial charge on any atom is -0.309 e. The van der Waals surface area contributed by atoms with Gasteiger partial charge in [-0.05, 0) is 12.1 Å². The Balaban J connectivity index is 1.73. The van der Waals surface area contributed by atoms with E-state index in [0.717, 1.165) is 5.69 Å². The molecular formula is C17H15N7OS. The topological polar surface area (TPSA) is 101 Å². The molecule has 9 heteroatoms. The number of rotatable bonds is 7. The van der Waals surface area contributed by atoms with Gasteiger partial charge in [0.25, 0.3) is 0 Å². The maximum Gasteiger partial charge on any atom is 0.236 e. The Morgan fingerprint density at radius 2 is 2.19 bits per heavy atom. The molecule has 0 saturated heterocycles. The molecule has 0 radical (unpaired) electrons. The van der Waals surface area contributed by atoms with Gasteiger partial charge in [0.15, 0.2) is 11.0 Å². The van der Waals surface area contributed by atoms with Crippen molar-refractivity contribution in [3.8, 4) is 11.8 Å². The molecule has 0 atom stereocenters. The van der Waals surface area contributed by atoms with Gasteiger partial charge in [-0.25, -0.2) is 4.68 Å². The van der Waals surface area contributed by atoms with Crippen molar-refractivity contribution in [1.29, 1.82) is 5.26 Å². The van der Waals surface area contributed by atoms with Gasteiger partial charge in [0.05, 0.1) is 17.6 Å². The normalized spacial score (nSPS) is 10.3. The summed E-state index contributed by atoms with van der Waals surface area (Å²) in [6.45, 7) is 4.24. The van der Waals surface area contributed by atoms with E-state index in [1.54, 1.807) is 17.0 Å². The fourth-order valence-corrected chi connectivity index (χ4v) is 2.96. The molecule has 0 bridgehead atoms. The standard InChI is InChI=1S/C17H15N7OS/c1-2-8-23-12-19-22-17(23)26-11-15(25)21-16-13(9-18)10-20-24(16)14-6-4-3-5-7-14/h2-7,10,12H,1,8,11H2,(H,21,25). The van der Waals surface area contributed by atoms with Crippen molar-refractivity contribution in [2.45, 2.75) is 11.7 Å². The molecule has 1 amide bonds. The minimum atomic E-state index is -0.266. The third-order valence-electron chi connectivity index (χ3n) is 3.39. The molecule has 0 spiro atoms. The zero-order valence-corrected chi connectivity index (χ0v) is 14.6. The first-order valence-electron chi connectivity index (χ1n) is 7.68. The smallest absolute Gasteiger partial charge is 0.236 e. The second kappa shape index (κ2) is 8.13. The summed E-state index contributed by atoms with van der Waals surface area (Å²) in [5.74, 6) is 0.204. The second-order valence-corrected chi connectivity index (χ2v) is 6.10. The fraction of sp³-hybridized carbons (Fsp3) is 0.118. The number of anilines is 1. The van der Waals surface area contributed by atoms with E-state index in [4.69, 9.17) is 0 Å². The molecule has 0 unspecified atom stereocenters. The van der Waals surface area contributed by atoms with Crippen LogP contribution in [0, 0.1) is 11.3 Å². The Morgan fingerprint density at radius 1 is 1.38 bits per heavy atom. The summed E-state index contributed by atoms with van der Waals surface area (Å²) < 4.78 is 3.32. The number of nitrogens with zero attached hydrogens (tertiary/aromatic N) is 6. The highest BCUT2D eigenvalue weighted by atomic mass is 32.2. The van der Waals surface area contributed by atoms with E-state index in [2.05, 4.69) is 27.2 Å². The maximum absolute atomic E-state index is 12.4. The molecule has 0 aliphatic carbocycles. The molecule has 130 valence electrons. The number of thioether (sulfide) groups is 1. The van der Waals surface area contributed by atoms with Gasteiger partial charge in [-0.15, -0.1) is 16.8 Å². The van der Waals surface area contributed by atoms with Crippen LogP contribution in [-0.4, -0.2) is 36.2 Å². The monoisotopic (exact) mass is 365 g/mol. The summed E-state index contributed by atoms with van der Waals surface area (Å²) in [7, 11) is 0. The van der Waals surface area contributed by atoms with Crippen LogP contribution >= 0.6 is 11.8 Å². The number of benzene rings is 1. The molecule has 1 aromatic carbocycles. The molecule has 0 fully saturated rings. The van der Waals surface area contributed by atoms with Gasteiger partial charge in [-0.3, -0.25) is 4.79 Å². The minimum absolute atomic E-state index is 0.126. The van der Waals surface area contributed by atoms with Crippen LogP contribution in [0.3, 0.4) is 0 Å². The number of carbonyl (C=O) groups excluding carboxylic acids is 1. The molecule has 1 N–H and O–H groups in total. The van der Waals surface area contributed by atoms with E-state index < -0.39 is 0 Å². The molecular weight excluding hydrogens is 350 g/mol. The van der Waals surface area contributed by atoms with Crippen LogP contribution in [0.5, 0.6) is 0 Å². The molecule has 0 aliphatic rings. The summed E-state index contributed by atoms with van der Waals surface area (Å²) in [4.78, 5) is 12.4. The van der Waals surface area contributed by atoms with E-state index in [9.17, 15) is 10.1 Å². The highest BCUT2D eigenvalue weighted by Crippen LogP contribution is 2.21. The maximum atomic E-state index is 12.4. The number of nitrogens with one attached hydrogen (secondary N) is 1. The van der Waals surface area contributed by atoms with Crippen molar-refractivity contribution in [1.82, 2.24) is 24.5 Å². The SMILES string of the molecule is C=CCn1cnnc1SCC(=O)Nc1c(C#N)cnn1-c1ccccc1. The van der Waals surface area contributed by atoms with Crippen LogP contribution in [0.4, 0.5) is 5.82 Å². The lowest BCUT2D eigenvalue weighted by Crippen LogP contribution is -2.18. The quantitative estimate of drug-likeness (QED) is 0.509. The fourth-order valence-electron chi connectivity index (χ4n) is 2.23. The number of para-hydroxylation sites is 1. The van der Waals surface area contributed by atoms with Gasteiger partial charge in [0, 0.05) is 6.54 Å². The Kier molecular flexibility index (Phi) is 5.46. The van der Waals surface area contributed by atoms with Gasteiger partial charge in [-0.2, -0.15) is 10.4 Å². The molecule has 3 aromatic rings. The van der Waals surface area contributed by atoms with Crippen LogP contribution in [0.25, 0.3) is 5.69 Å². The lowest BCUT2D eigenvalue weighted by Gasteiger charge is -2.09. The zero-order valence-electron chi connectivity index (χ0n) is 13.7. The molecule has 3 rings (SSSR count). The number of hydrogen-bond acceptors (Lipinski definition) is 6. The summed E-state index contributed by atoms with van der Waals surface area (Å²) in [6, 6.07) is 11.3. The number of carbonyl (C=O) groups is 1. The van der Waals surface area contributed by atoms with Gasteiger partial charge in [-0.1, -0.05) is 36.0 Å². The Bertz CT molecular complexity index is 955. The molecule has 8 nitrogen and oxygen atoms in total. The molecule has 2 heterocycles. The van der Waals surface area contributed by atoms with E-state index in [1.165, 1.54) is 22.6 Å². The number of allylic oxidation sites excluding steroid dienone is 1. The van der Waals surface area contributed by atoms with Crippen molar-refractivity contribution in [3.05, 3.63) is 61.1 Å². The first-order valence-corrected chi connectivity index (χ1v) is 8.66. The van der Waals surface area contributed by atoms with Crippen molar-refractivity contribution < 1.29 is 4.79 Å². The largest absolute Gasteiger partial charge is 0.309 e. The Morgan fingerprint density at radius 3 is 2.92 bits per heavy atom. The van der Waals surface area contributed by atoms with E-state index in [1.807, 2.05) is 36.4 Å². The zero-order chi connectivity index (χ0) is 18.4. The average Bonchev–Trinajstić information content (AvgIpc) is 3.27. The number of amides is 1. The van der Waals surface area contributed by atoms with Gasteiger partial charge in [0.2, 0.25) is 5.91 Å².